The molecule has 0 radical (unpaired) electrons. The first-order valence-electron chi connectivity index (χ1n) is 14.3. The number of rotatable bonds is 6. The van der Waals surface area contributed by atoms with Crippen LogP contribution in [-0.4, -0.2) is 54.2 Å². The molecule has 5 nitrogen and oxygen atoms in total. The third-order valence-electron chi connectivity index (χ3n) is 10.0. The minimum absolute atomic E-state index is 0.438. The van der Waals surface area contributed by atoms with Gasteiger partial charge in [0.2, 0.25) is 11.6 Å². The first-order chi connectivity index (χ1) is 17.2. The van der Waals surface area contributed by atoms with E-state index in [0.717, 1.165) is 62.8 Å². The van der Waals surface area contributed by atoms with Gasteiger partial charge in [-0.3, -0.25) is 0 Å². The highest BCUT2D eigenvalue weighted by Gasteiger charge is 2.66. The van der Waals surface area contributed by atoms with Crippen molar-refractivity contribution in [3.63, 3.8) is 0 Å². The largest absolute Gasteiger partial charge is 0.494 e. The Morgan fingerprint density at radius 2 is 1.57 bits per heavy atom. The van der Waals surface area contributed by atoms with Crippen molar-refractivity contribution in [2.45, 2.75) is 81.7 Å². The average molecular weight is 500 g/mol. The van der Waals surface area contributed by atoms with Crippen molar-refractivity contribution in [3.05, 3.63) is 29.8 Å². The number of benzene rings is 1. The van der Waals surface area contributed by atoms with Gasteiger partial charge in [-0.1, -0.05) is 12.1 Å². The van der Waals surface area contributed by atoms with Gasteiger partial charge in [-0.05, 0) is 86.8 Å². The van der Waals surface area contributed by atoms with Gasteiger partial charge in [-0.2, -0.15) is 21.5 Å². The standard InChI is InChI=1S/C29H41NO4S/c1(10-30-11-14-35-15-12-30)13-31-27-4-2-23(3-5-27)24-6-8-28(9-7-24)32-29(34-33-28)25-17-21-16-22(19-25)20-26(29)18-21/h2-5,21-22,24-26H,1,6-20H2. The highest BCUT2D eigenvalue weighted by Crippen LogP contribution is 2.64. The molecule has 6 heteroatoms. The Morgan fingerprint density at radius 1 is 0.886 bits per heavy atom. The number of thioether (sulfide) groups is 1. The summed E-state index contributed by atoms with van der Waals surface area (Å²) >= 11 is 2.07. The summed E-state index contributed by atoms with van der Waals surface area (Å²) in [6, 6.07) is 8.86. The van der Waals surface area contributed by atoms with Crippen LogP contribution in [0.1, 0.15) is 75.7 Å². The van der Waals surface area contributed by atoms with Crippen LogP contribution in [-0.2, 0) is 14.5 Å². The zero-order chi connectivity index (χ0) is 23.3. The Balaban J connectivity index is 0.901. The Morgan fingerprint density at radius 3 is 2.26 bits per heavy atom. The van der Waals surface area contributed by atoms with Crippen LogP contribution in [0, 0.1) is 23.7 Å². The van der Waals surface area contributed by atoms with Crippen molar-refractivity contribution < 1.29 is 19.2 Å². The fraction of sp³-hybridized carbons (Fsp3) is 0.793. The molecule has 0 N–H and O–H groups in total. The third-order valence-corrected chi connectivity index (χ3v) is 11.0. The molecule has 4 bridgehead atoms. The van der Waals surface area contributed by atoms with E-state index < -0.39 is 11.6 Å². The van der Waals surface area contributed by atoms with Gasteiger partial charge in [0.15, 0.2) is 0 Å². The predicted molar refractivity (Wildman–Crippen MR) is 137 cm³/mol. The van der Waals surface area contributed by atoms with Gasteiger partial charge in [-0.15, -0.1) is 0 Å². The Bertz CT molecular complexity index is 849. The molecule has 0 atom stereocenters. The van der Waals surface area contributed by atoms with E-state index in [1.165, 1.54) is 62.3 Å². The average Bonchev–Trinajstić information content (AvgIpc) is 3.26. The summed E-state index contributed by atoms with van der Waals surface area (Å²) in [7, 11) is 0. The van der Waals surface area contributed by atoms with Crippen molar-refractivity contribution >= 4 is 11.8 Å². The van der Waals surface area contributed by atoms with E-state index in [-0.39, 0.29) is 0 Å². The highest BCUT2D eigenvalue weighted by molar-refractivity contribution is 7.99. The van der Waals surface area contributed by atoms with Crippen LogP contribution in [0.4, 0.5) is 0 Å². The monoisotopic (exact) mass is 499 g/mol. The molecular weight excluding hydrogens is 458 g/mol. The fourth-order valence-electron chi connectivity index (χ4n) is 8.33. The van der Waals surface area contributed by atoms with Crippen LogP contribution in [0.5, 0.6) is 5.75 Å². The van der Waals surface area contributed by atoms with Crippen LogP contribution in [0.25, 0.3) is 0 Å². The number of hydrogen-bond acceptors (Lipinski definition) is 6. The second-order valence-corrected chi connectivity index (χ2v) is 13.4. The van der Waals surface area contributed by atoms with Crippen molar-refractivity contribution in [2.24, 2.45) is 23.7 Å². The van der Waals surface area contributed by atoms with Gasteiger partial charge >= 0.3 is 0 Å². The molecular formula is C29H41NO4S. The molecule has 1 aromatic carbocycles. The maximum atomic E-state index is 6.89. The molecule has 0 amide bonds. The summed E-state index contributed by atoms with van der Waals surface area (Å²) in [5.74, 6) is 6.06. The van der Waals surface area contributed by atoms with Gasteiger partial charge in [0.1, 0.15) is 5.75 Å². The minimum Gasteiger partial charge on any atom is -0.494 e. The molecule has 2 saturated heterocycles. The topological polar surface area (TPSA) is 40.2 Å². The second kappa shape index (κ2) is 9.50. The molecule has 0 aromatic heterocycles. The summed E-state index contributed by atoms with van der Waals surface area (Å²) < 4.78 is 12.9. The van der Waals surface area contributed by atoms with Crippen LogP contribution < -0.4 is 4.74 Å². The summed E-state index contributed by atoms with van der Waals surface area (Å²) in [5.41, 5.74) is 1.42. The molecule has 1 aromatic rings. The fourth-order valence-corrected chi connectivity index (χ4v) is 9.30. The van der Waals surface area contributed by atoms with E-state index in [1.807, 2.05) is 0 Å². The van der Waals surface area contributed by atoms with E-state index in [9.17, 15) is 0 Å². The molecule has 2 heterocycles. The lowest BCUT2D eigenvalue weighted by atomic mass is 9.53. The van der Waals surface area contributed by atoms with E-state index in [2.05, 4.69) is 40.9 Å². The molecule has 2 spiro atoms. The maximum absolute atomic E-state index is 6.89. The van der Waals surface area contributed by atoms with Crippen LogP contribution in [0.2, 0.25) is 0 Å². The Labute approximate surface area is 214 Å². The first kappa shape index (κ1) is 23.3. The lowest BCUT2D eigenvalue weighted by Gasteiger charge is -2.57. The van der Waals surface area contributed by atoms with Crippen molar-refractivity contribution in [3.8, 4) is 5.75 Å². The zero-order valence-corrected chi connectivity index (χ0v) is 21.8. The highest BCUT2D eigenvalue weighted by atomic mass is 32.2. The lowest BCUT2D eigenvalue weighted by Crippen LogP contribution is -2.59. The Hall–Kier alpha value is -0.790. The summed E-state index contributed by atoms with van der Waals surface area (Å²) in [6.07, 6.45) is 11.7. The van der Waals surface area contributed by atoms with Gasteiger partial charge in [0.05, 0.1) is 6.61 Å². The van der Waals surface area contributed by atoms with Crippen LogP contribution >= 0.6 is 11.8 Å². The van der Waals surface area contributed by atoms with Gasteiger partial charge in [0, 0.05) is 55.8 Å². The molecule has 0 unspecified atom stereocenters. The second-order valence-electron chi connectivity index (χ2n) is 12.2. The Kier molecular flexibility index (Phi) is 6.34. The number of nitrogens with zero attached hydrogens (tertiary/aromatic N) is 1. The first-order valence-corrected chi connectivity index (χ1v) is 15.5. The molecule has 5 aliphatic carbocycles. The minimum atomic E-state index is -0.512. The smallest absolute Gasteiger partial charge is 0.210 e. The van der Waals surface area contributed by atoms with Crippen molar-refractivity contribution in [1.29, 1.82) is 0 Å². The molecule has 5 saturated carbocycles. The number of ether oxygens (including phenoxy) is 2. The number of hydrogen-bond donors (Lipinski definition) is 0. The van der Waals surface area contributed by atoms with E-state index in [1.54, 1.807) is 0 Å². The molecule has 192 valence electrons. The van der Waals surface area contributed by atoms with Crippen LogP contribution in [0.15, 0.2) is 24.3 Å². The van der Waals surface area contributed by atoms with E-state index >= 15 is 0 Å². The molecule has 8 rings (SSSR count). The lowest BCUT2D eigenvalue weighted by molar-refractivity contribution is -0.390. The predicted octanol–water partition coefficient (Wildman–Crippen LogP) is 5.99. The SMILES string of the molecule is c1cc(C2CCC3(CC2)OOC2(O3)C3CC4CC(C3)CC2C4)ccc1OCCCN1CCSCC1. The van der Waals surface area contributed by atoms with Gasteiger partial charge < -0.3 is 14.4 Å². The molecule has 35 heavy (non-hydrogen) atoms. The normalized spacial score (nSPS) is 42.8. The zero-order valence-electron chi connectivity index (χ0n) is 21.0. The summed E-state index contributed by atoms with van der Waals surface area (Å²) in [6.45, 7) is 4.41. The summed E-state index contributed by atoms with van der Waals surface area (Å²) in [4.78, 5) is 14.9. The maximum Gasteiger partial charge on any atom is 0.210 e. The molecule has 2 aliphatic heterocycles. The van der Waals surface area contributed by atoms with Gasteiger partial charge in [-0.25, -0.2) is 0 Å². The summed E-state index contributed by atoms with van der Waals surface area (Å²) in [5, 5.41) is 0. The van der Waals surface area contributed by atoms with E-state index in [0.29, 0.717) is 17.8 Å². The van der Waals surface area contributed by atoms with E-state index in [4.69, 9.17) is 19.2 Å². The van der Waals surface area contributed by atoms with Crippen molar-refractivity contribution in [1.82, 2.24) is 4.90 Å². The van der Waals surface area contributed by atoms with Crippen molar-refractivity contribution in [2.75, 3.05) is 37.7 Å². The quantitative estimate of drug-likeness (QED) is 0.354. The molecule has 7 aliphatic rings. The molecule has 7 fully saturated rings. The van der Waals surface area contributed by atoms with Gasteiger partial charge in [0.25, 0.3) is 0 Å². The van der Waals surface area contributed by atoms with Crippen LogP contribution in [0.3, 0.4) is 0 Å². The third kappa shape index (κ3) is 4.46.